The summed E-state index contributed by atoms with van der Waals surface area (Å²) >= 11 is 2.19. The predicted molar refractivity (Wildman–Crippen MR) is 81.0 cm³/mol. The highest BCUT2D eigenvalue weighted by Crippen LogP contribution is 2.26. The molecule has 2 rings (SSSR count). The van der Waals surface area contributed by atoms with Crippen molar-refractivity contribution in [3.8, 4) is 5.75 Å². The molecule has 0 aliphatic heterocycles. The van der Waals surface area contributed by atoms with Crippen molar-refractivity contribution in [1.82, 2.24) is 0 Å². The molecule has 0 fully saturated rings. The van der Waals surface area contributed by atoms with Gasteiger partial charge in [0.15, 0.2) is 0 Å². The lowest BCUT2D eigenvalue weighted by Crippen LogP contribution is -2.03. The Morgan fingerprint density at radius 2 is 2.00 bits per heavy atom. The third-order valence-corrected chi connectivity index (χ3v) is 3.23. The summed E-state index contributed by atoms with van der Waals surface area (Å²) in [5, 5.41) is 10.8. The van der Waals surface area contributed by atoms with Crippen molar-refractivity contribution in [1.29, 1.82) is 0 Å². The summed E-state index contributed by atoms with van der Waals surface area (Å²) in [6.45, 7) is 0.202. The average Bonchev–Trinajstić information content (AvgIpc) is 2.37. The normalized spacial score (nSPS) is 10.2. The number of nitro groups is 1. The number of hydrogen-bond donors (Lipinski definition) is 1. The fourth-order valence-corrected chi connectivity index (χ4v) is 2.12. The molecule has 0 saturated heterocycles. The first-order valence-electron chi connectivity index (χ1n) is 5.48. The summed E-state index contributed by atoms with van der Waals surface area (Å²) in [6.07, 6.45) is 0. The minimum atomic E-state index is -0.496. The Labute approximate surface area is 123 Å². The van der Waals surface area contributed by atoms with Gasteiger partial charge in [-0.25, -0.2) is 0 Å². The number of anilines is 1. The lowest BCUT2D eigenvalue weighted by Gasteiger charge is -2.08. The molecule has 0 heterocycles. The summed E-state index contributed by atoms with van der Waals surface area (Å²) in [6, 6.07) is 12.2. The Kier molecular flexibility index (Phi) is 4.20. The van der Waals surface area contributed by atoms with Gasteiger partial charge in [-0.05, 0) is 40.8 Å². The summed E-state index contributed by atoms with van der Waals surface area (Å²) in [4.78, 5) is 10.3. The van der Waals surface area contributed by atoms with Gasteiger partial charge in [0.05, 0.1) is 4.92 Å². The number of para-hydroxylation sites is 1. The third kappa shape index (κ3) is 3.34. The van der Waals surface area contributed by atoms with Gasteiger partial charge < -0.3 is 10.5 Å². The number of hydrogen-bond acceptors (Lipinski definition) is 4. The van der Waals surface area contributed by atoms with Crippen molar-refractivity contribution >= 4 is 34.0 Å². The van der Waals surface area contributed by atoms with Gasteiger partial charge in [-0.3, -0.25) is 10.1 Å². The van der Waals surface area contributed by atoms with Gasteiger partial charge in [0.2, 0.25) is 0 Å². The van der Waals surface area contributed by atoms with Crippen LogP contribution in [0, 0.1) is 13.7 Å². The van der Waals surface area contributed by atoms with Gasteiger partial charge in [-0.1, -0.05) is 18.2 Å². The molecule has 0 unspecified atom stereocenters. The summed E-state index contributed by atoms with van der Waals surface area (Å²) in [5.41, 5.74) is 6.42. The van der Waals surface area contributed by atoms with Crippen molar-refractivity contribution in [3.05, 3.63) is 61.7 Å². The highest BCUT2D eigenvalue weighted by molar-refractivity contribution is 14.1. The second-order valence-electron chi connectivity index (χ2n) is 3.85. The molecular formula is C13H11IN2O3. The van der Waals surface area contributed by atoms with Gasteiger partial charge >= 0.3 is 0 Å². The van der Waals surface area contributed by atoms with Crippen LogP contribution in [-0.2, 0) is 6.61 Å². The van der Waals surface area contributed by atoms with E-state index < -0.39 is 4.92 Å². The SMILES string of the molecule is Nc1c(COc2cccc(I)c2)cccc1[N+](=O)[O-]. The van der Waals surface area contributed by atoms with E-state index in [1.165, 1.54) is 6.07 Å². The standard InChI is InChI=1S/C13H11IN2O3/c14-10-4-2-5-11(7-10)19-8-9-3-1-6-12(13(9)15)16(17)18/h1-7H,8,15H2. The Morgan fingerprint density at radius 1 is 1.26 bits per heavy atom. The van der Waals surface area contributed by atoms with Gasteiger partial charge in [-0.2, -0.15) is 0 Å². The van der Waals surface area contributed by atoms with E-state index in [1.807, 2.05) is 24.3 Å². The van der Waals surface area contributed by atoms with Crippen LogP contribution in [0.3, 0.4) is 0 Å². The smallest absolute Gasteiger partial charge is 0.292 e. The maximum absolute atomic E-state index is 10.8. The minimum absolute atomic E-state index is 0.0938. The van der Waals surface area contributed by atoms with Crippen LogP contribution in [0.5, 0.6) is 5.75 Å². The van der Waals surface area contributed by atoms with E-state index in [9.17, 15) is 10.1 Å². The van der Waals surface area contributed by atoms with Crippen LogP contribution in [-0.4, -0.2) is 4.92 Å². The first-order chi connectivity index (χ1) is 9.08. The number of nitro benzene ring substituents is 1. The predicted octanol–water partition coefficient (Wildman–Crippen LogP) is 3.36. The highest BCUT2D eigenvalue weighted by atomic mass is 127. The fraction of sp³-hybridized carbons (Fsp3) is 0.0769. The number of benzene rings is 2. The van der Waals surface area contributed by atoms with E-state index in [-0.39, 0.29) is 18.0 Å². The molecule has 6 heteroatoms. The number of nitrogens with two attached hydrogens (primary N) is 1. The molecule has 0 aliphatic rings. The van der Waals surface area contributed by atoms with Gasteiger partial charge in [0, 0.05) is 15.2 Å². The molecular weight excluding hydrogens is 359 g/mol. The van der Waals surface area contributed by atoms with Crippen LogP contribution in [0.2, 0.25) is 0 Å². The van der Waals surface area contributed by atoms with E-state index in [1.54, 1.807) is 12.1 Å². The van der Waals surface area contributed by atoms with E-state index in [4.69, 9.17) is 10.5 Å². The number of nitrogen functional groups attached to an aromatic ring is 1. The zero-order valence-corrected chi connectivity index (χ0v) is 12.0. The molecule has 19 heavy (non-hydrogen) atoms. The lowest BCUT2D eigenvalue weighted by atomic mass is 10.1. The van der Waals surface area contributed by atoms with Crippen LogP contribution < -0.4 is 10.5 Å². The summed E-state index contributed by atoms with van der Waals surface area (Å²) < 4.78 is 6.64. The summed E-state index contributed by atoms with van der Waals surface area (Å²) in [7, 11) is 0. The molecule has 98 valence electrons. The van der Waals surface area contributed by atoms with Crippen molar-refractivity contribution in [2.45, 2.75) is 6.61 Å². The van der Waals surface area contributed by atoms with Crippen LogP contribution in [0.25, 0.3) is 0 Å². The maximum Gasteiger partial charge on any atom is 0.292 e. The van der Waals surface area contributed by atoms with E-state index in [0.717, 1.165) is 3.57 Å². The molecule has 5 nitrogen and oxygen atoms in total. The monoisotopic (exact) mass is 370 g/mol. The number of ether oxygens (including phenoxy) is 1. The van der Waals surface area contributed by atoms with Crippen LogP contribution in [0.15, 0.2) is 42.5 Å². The molecule has 2 aromatic rings. The topological polar surface area (TPSA) is 78.4 Å². The molecule has 0 atom stereocenters. The van der Waals surface area contributed by atoms with Crippen molar-refractivity contribution < 1.29 is 9.66 Å². The molecule has 0 aliphatic carbocycles. The molecule has 0 aromatic heterocycles. The van der Waals surface area contributed by atoms with E-state index >= 15 is 0 Å². The highest BCUT2D eigenvalue weighted by Gasteiger charge is 2.14. The van der Waals surface area contributed by atoms with Gasteiger partial charge in [-0.15, -0.1) is 0 Å². The summed E-state index contributed by atoms with van der Waals surface area (Å²) in [5.74, 6) is 0.706. The molecule has 0 radical (unpaired) electrons. The molecule has 0 saturated carbocycles. The molecule has 0 bridgehead atoms. The lowest BCUT2D eigenvalue weighted by molar-refractivity contribution is -0.384. The van der Waals surface area contributed by atoms with Crippen LogP contribution in [0.4, 0.5) is 11.4 Å². The van der Waals surface area contributed by atoms with Gasteiger partial charge in [0.1, 0.15) is 18.0 Å². The first kappa shape index (κ1) is 13.6. The molecule has 0 amide bonds. The molecule has 2 aromatic carbocycles. The average molecular weight is 370 g/mol. The number of rotatable bonds is 4. The van der Waals surface area contributed by atoms with Crippen LogP contribution >= 0.6 is 22.6 Å². The second kappa shape index (κ2) is 5.87. The number of nitrogens with zero attached hydrogens (tertiary/aromatic N) is 1. The zero-order valence-electron chi connectivity index (χ0n) is 9.88. The van der Waals surface area contributed by atoms with E-state index in [2.05, 4.69) is 22.6 Å². The van der Waals surface area contributed by atoms with Crippen molar-refractivity contribution in [2.75, 3.05) is 5.73 Å². The van der Waals surface area contributed by atoms with Crippen LogP contribution in [0.1, 0.15) is 5.56 Å². The Morgan fingerprint density at radius 3 is 2.68 bits per heavy atom. The first-order valence-corrected chi connectivity index (χ1v) is 6.56. The minimum Gasteiger partial charge on any atom is -0.489 e. The fourth-order valence-electron chi connectivity index (χ4n) is 1.60. The zero-order chi connectivity index (χ0) is 13.8. The van der Waals surface area contributed by atoms with Crippen molar-refractivity contribution in [2.24, 2.45) is 0 Å². The molecule has 2 N–H and O–H groups in total. The van der Waals surface area contributed by atoms with Crippen molar-refractivity contribution in [3.63, 3.8) is 0 Å². The Hall–Kier alpha value is -1.83. The largest absolute Gasteiger partial charge is 0.489 e. The molecule has 0 spiro atoms. The third-order valence-electron chi connectivity index (χ3n) is 2.56. The van der Waals surface area contributed by atoms with Gasteiger partial charge in [0.25, 0.3) is 5.69 Å². The quantitative estimate of drug-likeness (QED) is 0.388. The second-order valence-corrected chi connectivity index (χ2v) is 5.10. The maximum atomic E-state index is 10.8. The Bertz CT molecular complexity index is 617. The number of halogens is 1. The Balaban J connectivity index is 2.16. The van der Waals surface area contributed by atoms with E-state index in [0.29, 0.717) is 11.3 Å².